The first-order valence-electron chi connectivity index (χ1n) is 5.93. The van der Waals surface area contributed by atoms with E-state index in [9.17, 15) is 0 Å². The van der Waals surface area contributed by atoms with Crippen LogP contribution in [0.5, 0.6) is 0 Å². The Morgan fingerprint density at radius 3 is 2.19 bits per heavy atom. The molecule has 0 aliphatic heterocycles. The van der Waals surface area contributed by atoms with Crippen LogP contribution in [-0.2, 0) is 5.54 Å². The third-order valence-corrected chi connectivity index (χ3v) is 4.41. The number of hydrogen-bond acceptors (Lipinski definition) is 1. The van der Waals surface area contributed by atoms with Gasteiger partial charge in [-0.2, -0.15) is 0 Å². The fourth-order valence-corrected chi connectivity index (χ4v) is 3.25. The molecule has 1 aromatic carbocycles. The van der Waals surface area contributed by atoms with Crippen molar-refractivity contribution in [3.8, 4) is 0 Å². The molecule has 2 fully saturated rings. The van der Waals surface area contributed by atoms with Gasteiger partial charge in [-0.15, -0.1) is 0 Å². The third kappa shape index (κ3) is 1.75. The monoisotopic (exact) mass is 255 g/mol. The lowest BCUT2D eigenvalue weighted by Gasteiger charge is -2.32. The average Bonchev–Trinajstić information content (AvgIpc) is 2.93. The lowest BCUT2D eigenvalue weighted by Crippen LogP contribution is -2.42. The molecule has 0 heterocycles. The first-order valence-corrected chi connectivity index (χ1v) is 6.69. The summed E-state index contributed by atoms with van der Waals surface area (Å²) in [6, 6.07) is 6.46. The fourth-order valence-electron chi connectivity index (χ4n) is 2.49. The minimum absolute atomic E-state index is 0.0838. The summed E-state index contributed by atoms with van der Waals surface area (Å²) < 4.78 is 0. The highest BCUT2D eigenvalue weighted by atomic mass is 35.5. The van der Waals surface area contributed by atoms with E-state index in [1.165, 1.54) is 19.3 Å². The maximum absolute atomic E-state index is 6.27. The zero-order valence-electron chi connectivity index (χ0n) is 9.10. The molecule has 0 saturated heterocycles. The van der Waals surface area contributed by atoms with Crippen LogP contribution in [0.25, 0.3) is 0 Å². The van der Waals surface area contributed by atoms with Gasteiger partial charge in [-0.05, 0) is 37.8 Å². The Labute approximate surface area is 106 Å². The molecule has 0 bridgehead atoms. The van der Waals surface area contributed by atoms with E-state index in [-0.39, 0.29) is 5.54 Å². The van der Waals surface area contributed by atoms with Crippen molar-refractivity contribution in [2.75, 3.05) is 0 Å². The predicted molar refractivity (Wildman–Crippen MR) is 68.1 cm³/mol. The summed E-state index contributed by atoms with van der Waals surface area (Å²) in [6.45, 7) is 0. The van der Waals surface area contributed by atoms with Gasteiger partial charge in [0.25, 0.3) is 0 Å². The zero-order chi connectivity index (χ0) is 11.2. The molecule has 86 valence electrons. The summed E-state index contributed by atoms with van der Waals surface area (Å²) in [4.78, 5) is 0. The Kier molecular flexibility index (Phi) is 2.66. The Morgan fingerprint density at radius 1 is 1.12 bits per heavy atom. The van der Waals surface area contributed by atoms with Gasteiger partial charge >= 0.3 is 0 Å². The smallest absolute Gasteiger partial charge is 0.0471 e. The fraction of sp³-hybridized carbons (Fsp3) is 0.538. The highest BCUT2D eigenvalue weighted by Crippen LogP contribution is 2.51. The van der Waals surface area contributed by atoms with Crippen molar-refractivity contribution in [2.24, 2.45) is 0 Å². The van der Waals surface area contributed by atoms with E-state index in [1.807, 2.05) is 18.2 Å². The van der Waals surface area contributed by atoms with Crippen molar-refractivity contribution < 1.29 is 0 Å². The summed E-state index contributed by atoms with van der Waals surface area (Å²) in [5.74, 6) is 0. The summed E-state index contributed by atoms with van der Waals surface area (Å²) in [6.07, 6.45) is 6.26. The van der Waals surface area contributed by atoms with E-state index in [4.69, 9.17) is 23.2 Å². The number of halogens is 2. The van der Waals surface area contributed by atoms with E-state index < -0.39 is 0 Å². The Morgan fingerprint density at radius 2 is 1.75 bits per heavy atom. The molecule has 2 saturated carbocycles. The van der Waals surface area contributed by atoms with Crippen molar-refractivity contribution in [1.29, 1.82) is 0 Å². The Balaban J connectivity index is 1.90. The largest absolute Gasteiger partial charge is 0.304 e. The van der Waals surface area contributed by atoms with E-state index in [0.29, 0.717) is 6.04 Å². The molecular weight excluding hydrogens is 241 g/mol. The summed E-state index contributed by atoms with van der Waals surface area (Å²) >= 11 is 12.5. The van der Waals surface area contributed by atoms with E-state index in [0.717, 1.165) is 28.5 Å². The van der Waals surface area contributed by atoms with Crippen LogP contribution in [0.15, 0.2) is 18.2 Å². The molecule has 1 N–H and O–H groups in total. The van der Waals surface area contributed by atoms with Gasteiger partial charge in [-0.25, -0.2) is 0 Å². The van der Waals surface area contributed by atoms with Gasteiger partial charge in [-0.3, -0.25) is 0 Å². The van der Waals surface area contributed by atoms with Gasteiger partial charge in [0.2, 0.25) is 0 Å². The molecule has 3 rings (SSSR count). The molecule has 1 aromatic rings. The van der Waals surface area contributed by atoms with Gasteiger partial charge in [0.05, 0.1) is 0 Å². The van der Waals surface area contributed by atoms with Gasteiger partial charge < -0.3 is 5.32 Å². The number of benzene rings is 1. The van der Waals surface area contributed by atoms with Crippen molar-refractivity contribution in [3.63, 3.8) is 0 Å². The average molecular weight is 256 g/mol. The van der Waals surface area contributed by atoms with Gasteiger partial charge in [0, 0.05) is 27.2 Å². The van der Waals surface area contributed by atoms with Crippen LogP contribution in [0.4, 0.5) is 0 Å². The van der Waals surface area contributed by atoms with Gasteiger partial charge in [-0.1, -0.05) is 35.7 Å². The first kappa shape index (κ1) is 10.9. The van der Waals surface area contributed by atoms with Crippen molar-refractivity contribution in [3.05, 3.63) is 33.8 Å². The molecule has 3 heteroatoms. The second-order valence-corrected chi connectivity index (χ2v) is 5.77. The molecule has 1 nitrogen and oxygen atoms in total. The number of rotatable bonds is 3. The summed E-state index contributed by atoms with van der Waals surface area (Å²) in [7, 11) is 0. The SMILES string of the molecule is Clc1cccc(Cl)c1C1(NC2CCC2)CC1. The number of nitrogens with one attached hydrogen (secondary N) is 1. The quantitative estimate of drug-likeness (QED) is 0.857. The van der Waals surface area contributed by atoms with Crippen LogP contribution in [0.3, 0.4) is 0 Å². The molecule has 0 spiro atoms. The summed E-state index contributed by atoms with van der Waals surface area (Å²) in [5.41, 5.74) is 1.20. The van der Waals surface area contributed by atoms with Crippen LogP contribution in [0.1, 0.15) is 37.7 Å². The van der Waals surface area contributed by atoms with Crippen LogP contribution < -0.4 is 5.32 Å². The lowest BCUT2D eigenvalue weighted by atomic mass is 9.91. The molecular formula is C13H15Cl2N. The predicted octanol–water partition coefficient (Wildman–Crippen LogP) is 4.12. The highest BCUT2D eigenvalue weighted by Gasteiger charge is 2.48. The van der Waals surface area contributed by atoms with E-state index >= 15 is 0 Å². The topological polar surface area (TPSA) is 12.0 Å². The first-order chi connectivity index (χ1) is 7.71. The minimum atomic E-state index is 0.0838. The van der Waals surface area contributed by atoms with E-state index in [2.05, 4.69) is 5.32 Å². The maximum Gasteiger partial charge on any atom is 0.0471 e. The lowest BCUT2D eigenvalue weighted by molar-refractivity contribution is 0.295. The van der Waals surface area contributed by atoms with Crippen molar-refractivity contribution >= 4 is 23.2 Å². The maximum atomic E-state index is 6.27. The molecule has 0 atom stereocenters. The number of hydrogen-bond donors (Lipinski definition) is 1. The second-order valence-electron chi connectivity index (χ2n) is 4.95. The molecule has 16 heavy (non-hydrogen) atoms. The Bertz CT molecular complexity index is 388. The molecule has 0 amide bonds. The van der Waals surface area contributed by atoms with E-state index in [1.54, 1.807) is 0 Å². The normalized spacial score (nSPS) is 22.9. The van der Waals surface area contributed by atoms with Gasteiger partial charge in [0.1, 0.15) is 0 Å². The van der Waals surface area contributed by atoms with Crippen molar-refractivity contribution in [1.82, 2.24) is 5.32 Å². The molecule has 2 aliphatic rings. The van der Waals surface area contributed by atoms with Crippen molar-refractivity contribution in [2.45, 2.75) is 43.7 Å². The molecule has 0 radical (unpaired) electrons. The van der Waals surface area contributed by atoms with Gasteiger partial charge in [0.15, 0.2) is 0 Å². The molecule has 0 aromatic heterocycles. The molecule has 0 unspecified atom stereocenters. The minimum Gasteiger partial charge on any atom is -0.304 e. The van der Waals surface area contributed by atoms with Crippen LogP contribution >= 0.6 is 23.2 Å². The second kappa shape index (κ2) is 3.90. The Hall–Kier alpha value is -0.240. The molecule has 2 aliphatic carbocycles. The van der Waals surface area contributed by atoms with Crippen LogP contribution in [0, 0.1) is 0 Å². The van der Waals surface area contributed by atoms with Crippen LogP contribution in [-0.4, -0.2) is 6.04 Å². The highest BCUT2D eigenvalue weighted by molar-refractivity contribution is 6.36. The van der Waals surface area contributed by atoms with Crippen LogP contribution in [0.2, 0.25) is 10.0 Å². The standard InChI is InChI=1S/C13H15Cl2N/c14-10-5-2-6-11(15)12(10)13(7-8-13)16-9-3-1-4-9/h2,5-6,9,16H,1,3-4,7-8H2. The summed E-state index contributed by atoms with van der Waals surface area (Å²) in [5, 5.41) is 5.34. The third-order valence-electron chi connectivity index (χ3n) is 3.78. The zero-order valence-corrected chi connectivity index (χ0v) is 10.6.